The Hall–Kier alpha value is -4.42. The number of esters is 1. The molecule has 2 aliphatic heterocycles. The molecule has 12 heteroatoms. The first-order valence-corrected chi connectivity index (χ1v) is 18.3. The number of pyridine rings is 1. The third-order valence-electron chi connectivity index (χ3n) is 10.5. The van der Waals surface area contributed by atoms with Gasteiger partial charge in [-0.05, 0) is 75.4 Å². The number of piperidine rings is 1. The molecule has 52 heavy (non-hydrogen) atoms. The number of piperazine rings is 1. The highest BCUT2D eigenvalue weighted by Crippen LogP contribution is 2.48. The molecule has 1 aliphatic carbocycles. The smallest absolute Gasteiger partial charge is 0.307 e. The minimum atomic E-state index is -1.01. The third-order valence-corrected chi connectivity index (χ3v) is 10.5. The molecule has 2 saturated heterocycles. The zero-order valence-electron chi connectivity index (χ0n) is 30.5. The monoisotopic (exact) mass is 728 g/mol. The second kappa shape index (κ2) is 17.4. The van der Waals surface area contributed by atoms with Crippen LogP contribution in [-0.2, 0) is 24.5 Å². The number of hydrogen-bond donors (Lipinski definition) is 2. The molecular formula is C40H52N6O5S. The normalized spacial score (nSPS) is 20.7. The van der Waals surface area contributed by atoms with Crippen LogP contribution in [-0.4, -0.2) is 103 Å². The summed E-state index contributed by atoms with van der Waals surface area (Å²) in [6, 6.07) is 21.1. The lowest BCUT2D eigenvalue weighted by Crippen LogP contribution is -2.51. The predicted octanol–water partition coefficient (Wildman–Crippen LogP) is 3.99. The van der Waals surface area contributed by atoms with Crippen molar-refractivity contribution >= 4 is 43.0 Å². The van der Waals surface area contributed by atoms with Crippen molar-refractivity contribution in [2.75, 3.05) is 57.8 Å². The van der Waals surface area contributed by atoms with E-state index in [0.717, 1.165) is 48.7 Å². The van der Waals surface area contributed by atoms with Crippen LogP contribution in [0, 0.1) is 0 Å². The van der Waals surface area contributed by atoms with Crippen LogP contribution < -0.4 is 15.5 Å². The number of hydrogen-bond acceptors (Lipinski definition) is 8. The van der Waals surface area contributed by atoms with Crippen LogP contribution in [0.4, 0.5) is 5.82 Å². The summed E-state index contributed by atoms with van der Waals surface area (Å²) in [4.78, 5) is 65.1. The van der Waals surface area contributed by atoms with Crippen molar-refractivity contribution in [3.63, 3.8) is 0 Å². The van der Waals surface area contributed by atoms with E-state index in [1.807, 2.05) is 65.6 Å². The number of nitrogens with zero attached hydrogens (tertiary/aromatic N) is 4. The maximum Gasteiger partial charge on any atom is 0.307 e. The number of aromatic nitrogens is 1. The standard InChI is InChI=1S/C40H50N6O5.H2S/c1-28(2)51-35(47)16-21-42-39(50)40(29-10-5-4-6-11-29)19-15-32(31-12-7-8-14-34(31)40)38(49)46-22-17-30(18-23-46)43-37(48)33-13-9-20-41-36(33)45-26-24-44(3)25-27-45;/h4-14,20,28,30,32H,15-19,21-27H2,1-3H3,(H,42,50)(H,43,48);1H2/t32-,40+;/m0./s1. The minimum absolute atomic E-state index is 0. The molecule has 278 valence electrons. The van der Waals surface area contributed by atoms with Crippen molar-refractivity contribution in [1.29, 1.82) is 0 Å². The van der Waals surface area contributed by atoms with Crippen LogP contribution in [0.25, 0.3) is 0 Å². The second-order valence-electron chi connectivity index (χ2n) is 14.2. The van der Waals surface area contributed by atoms with Gasteiger partial charge in [0.05, 0.1) is 29.4 Å². The van der Waals surface area contributed by atoms with Gasteiger partial charge in [0.15, 0.2) is 0 Å². The average Bonchev–Trinajstić information content (AvgIpc) is 3.14. The van der Waals surface area contributed by atoms with E-state index < -0.39 is 5.41 Å². The second-order valence-corrected chi connectivity index (χ2v) is 14.2. The zero-order chi connectivity index (χ0) is 36.0. The summed E-state index contributed by atoms with van der Waals surface area (Å²) in [7, 11) is 2.10. The van der Waals surface area contributed by atoms with Gasteiger partial charge in [0.2, 0.25) is 11.8 Å². The molecule has 3 amide bonds. The molecule has 3 aliphatic rings. The Morgan fingerprint density at radius 2 is 1.58 bits per heavy atom. The Balaban J connectivity index is 0.00000523. The molecule has 0 bridgehead atoms. The molecule has 0 radical (unpaired) electrons. The number of anilines is 1. The predicted molar refractivity (Wildman–Crippen MR) is 206 cm³/mol. The Labute approximate surface area is 313 Å². The number of nitrogens with one attached hydrogen (secondary N) is 2. The highest BCUT2D eigenvalue weighted by molar-refractivity contribution is 7.59. The van der Waals surface area contributed by atoms with Crippen molar-refractivity contribution in [1.82, 2.24) is 25.4 Å². The number of fused-ring (bicyclic) bond motifs is 1. The molecule has 11 nitrogen and oxygen atoms in total. The first-order chi connectivity index (χ1) is 24.7. The molecule has 2 N–H and O–H groups in total. The van der Waals surface area contributed by atoms with Gasteiger partial charge in [0.25, 0.3) is 5.91 Å². The molecule has 3 aromatic rings. The van der Waals surface area contributed by atoms with E-state index in [-0.39, 0.29) is 68.2 Å². The molecule has 6 rings (SSSR count). The van der Waals surface area contributed by atoms with Gasteiger partial charge in [-0.3, -0.25) is 19.2 Å². The van der Waals surface area contributed by atoms with Gasteiger partial charge in [0, 0.05) is 58.1 Å². The lowest BCUT2D eigenvalue weighted by atomic mass is 9.62. The van der Waals surface area contributed by atoms with Crippen LogP contribution in [0.15, 0.2) is 72.9 Å². The first kappa shape index (κ1) is 38.8. The Morgan fingerprint density at radius 1 is 0.885 bits per heavy atom. The number of carbonyl (C=O) groups excluding carboxylic acids is 4. The molecular weight excluding hydrogens is 677 g/mol. The summed E-state index contributed by atoms with van der Waals surface area (Å²) in [6.45, 7) is 8.33. The minimum Gasteiger partial charge on any atom is -0.463 e. The summed E-state index contributed by atoms with van der Waals surface area (Å²) in [5.41, 5.74) is 2.10. The fourth-order valence-electron chi connectivity index (χ4n) is 7.81. The first-order valence-electron chi connectivity index (χ1n) is 18.3. The number of rotatable bonds is 10. The molecule has 3 heterocycles. The van der Waals surface area contributed by atoms with Gasteiger partial charge >= 0.3 is 5.97 Å². The van der Waals surface area contributed by atoms with Crippen molar-refractivity contribution in [3.05, 3.63) is 95.2 Å². The fraction of sp³-hybridized carbons (Fsp3) is 0.475. The van der Waals surface area contributed by atoms with E-state index >= 15 is 0 Å². The number of amides is 3. The maximum absolute atomic E-state index is 14.2. The van der Waals surface area contributed by atoms with Gasteiger partial charge in [-0.15, -0.1) is 0 Å². The number of carbonyl (C=O) groups is 4. The van der Waals surface area contributed by atoms with Gasteiger partial charge in [0.1, 0.15) is 5.82 Å². The Morgan fingerprint density at radius 3 is 2.29 bits per heavy atom. The Bertz CT molecular complexity index is 1710. The van der Waals surface area contributed by atoms with Crippen molar-refractivity contribution in [2.45, 2.75) is 69.4 Å². The van der Waals surface area contributed by atoms with E-state index in [0.29, 0.717) is 44.3 Å². The van der Waals surface area contributed by atoms with E-state index in [9.17, 15) is 19.2 Å². The molecule has 2 aromatic carbocycles. The fourth-order valence-corrected chi connectivity index (χ4v) is 7.81. The van der Waals surface area contributed by atoms with Crippen LogP contribution in [0.5, 0.6) is 0 Å². The quantitative estimate of drug-likeness (QED) is 0.301. The number of likely N-dealkylation sites (N-methyl/N-ethyl adjacent to an activating group) is 1. The summed E-state index contributed by atoms with van der Waals surface area (Å²) in [5, 5.41) is 6.25. The average molecular weight is 729 g/mol. The third kappa shape index (κ3) is 8.44. The van der Waals surface area contributed by atoms with Crippen molar-refractivity contribution in [2.24, 2.45) is 0 Å². The summed E-state index contributed by atoms with van der Waals surface area (Å²) in [6.07, 6.45) is 3.85. The molecule has 1 aromatic heterocycles. The van der Waals surface area contributed by atoms with Crippen molar-refractivity contribution < 1.29 is 23.9 Å². The van der Waals surface area contributed by atoms with Crippen LogP contribution in [0.3, 0.4) is 0 Å². The molecule has 2 atom stereocenters. The highest BCUT2D eigenvalue weighted by Gasteiger charge is 2.48. The lowest BCUT2D eigenvalue weighted by Gasteiger charge is -2.42. The van der Waals surface area contributed by atoms with Gasteiger partial charge in [-0.1, -0.05) is 54.6 Å². The summed E-state index contributed by atoms with van der Waals surface area (Å²) in [5.74, 6) is -0.291. The highest BCUT2D eigenvalue weighted by atomic mass is 32.1. The van der Waals surface area contributed by atoms with Crippen LogP contribution in [0.1, 0.15) is 78.9 Å². The van der Waals surface area contributed by atoms with E-state index in [4.69, 9.17) is 4.74 Å². The van der Waals surface area contributed by atoms with Gasteiger partial charge in [-0.25, -0.2) is 4.98 Å². The molecule has 2 fully saturated rings. The number of ether oxygens (including phenoxy) is 1. The van der Waals surface area contributed by atoms with Crippen LogP contribution in [0.2, 0.25) is 0 Å². The lowest BCUT2D eigenvalue weighted by molar-refractivity contribution is -0.147. The largest absolute Gasteiger partial charge is 0.463 e. The molecule has 0 spiro atoms. The maximum atomic E-state index is 14.2. The zero-order valence-corrected chi connectivity index (χ0v) is 31.5. The Kier molecular flexibility index (Phi) is 13.0. The number of benzene rings is 2. The van der Waals surface area contributed by atoms with E-state index in [1.54, 1.807) is 26.1 Å². The van der Waals surface area contributed by atoms with Crippen LogP contribution >= 0.6 is 13.5 Å². The molecule has 0 saturated carbocycles. The summed E-state index contributed by atoms with van der Waals surface area (Å²) < 4.78 is 5.26. The van der Waals surface area contributed by atoms with Crippen molar-refractivity contribution in [3.8, 4) is 0 Å². The SMILES string of the molecule is CC(C)OC(=O)CCNC(=O)[C@@]1(c2ccccc2)CC[C@H](C(=O)N2CCC(NC(=O)c3cccnc3N3CCN(C)CC3)CC2)c2ccccc21.S. The van der Waals surface area contributed by atoms with E-state index in [2.05, 4.69) is 32.5 Å². The summed E-state index contributed by atoms with van der Waals surface area (Å²) >= 11 is 0. The molecule has 0 unspecified atom stereocenters. The number of likely N-dealkylation sites (tertiary alicyclic amines) is 1. The van der Waals surface area contributed by atoms with Gasteiger partial charge < -0.3 is 30.1 Å². The van der Waals surface area contributed by atoms with E-state index in [1.165, 1.54) is 0 Å². The topological polar surface area (TPSA) is 124 Å². The van der Waals surface area contributed by atoms with Gasteiger partial charge in [-0.2, -0.15) is 13.5 Å².